The fourth-order valence-electron chi connectivity index (χ4n) is 3.20. The molecule has 31 heavy (non-hydrogen) atoms. The standard InChI is InChI=1S/C19H23N6O4PS/c1-12(9-26)24-30(29-13-5-3-2-4-6-13)27-10-14-7-8-15(28-14)25-11-21-16-17(25)22-19(20)23-18(16)31/h2-6,9,11-12,14-15,24H,7-8,10H2,1H3,(H3,20,22,23,31). The van der Waals surface area contributed by atoms with E-state index in [-0.39, 0.29) is 18.3 Å². The summed E-state index contributed by atoms with van der Waals surface area (Å²) in [6, 6.07) is 8.93. The van der Waals surface area contributed by atoms with Gasteiger partial charge in [-0.05, 0) is 31.9 Å². The van der Waals surface area contributed by atoms with Gasteiger partial charge in [0.05, 0.1) is 25.1 Å². The lowest BCUT2D eigenvalue weighted by Crippen LogP contribution is -2.26. The minimum Gasteiger partial charge on any atom is -0.436 e. The summed E-state index contributed by atoms with van der Waals surface area (Å²) >= 11 is 5.23. The van der Waals surface area contributed by atoms with Crippen LogP contribution in [0.15, 0.2) is 36.7 Å². The Kier molecular flexibility index (Phi) is 6.89. The summed E-state index contributed by atoms with van der Waals surface area (Å²) < 4.78 is 20.2. The van der Waals surface area contributed by atoms with Gasteiger partial charge < -0.3 is 29.3 Å². The summed E-state index contributed by atoms with van der Waals surface area (Å²) in [5, 5.41) is 3.06. The molecule has 4 atom stereocenters. The molecule has 1 aromatic carbocycles. The molecule has 1 aliphatic heterocycles. The van der Waals surface area contributed by atoms with Crippen LogP contribution in [0.2, 0.25) is 0 Å². The number of hydrogen-bond acceptors (Lipinski definition) is 9. The highest BCUT2D eigenvalue weighted by Crippen LogP contribution is 2.38. The first-order valence-electron chi connectivity index (χ1n) is 9.79. The molecule has 0 spiro atoms. The average molecular weight is 462 g/mol. The number of para-hydroxylation sites is 1. The second-order valence-corrected chi connectivity index (χ2v) is 8.68. The Morgan fingerprint density at radius 1 is 1.45 bits per heavy atom. The third kappa shape index (κ3) is 5.25. The Hall–Kier alpha value is -2.43. The number of aromatic amines is 1. The molecular formula is C19H23N6O4PS. The predicted octanol–water partition coefficient (Wildman–Crippen LogP) is 3.25. The van der Waals surface area contributed by atoms with Gasteiger partial charge in [-0.1, -0.05) is 30.4 Å². The molecule has 0 radical (unpaired) electrons. The van der Waals surface area contributed by atoms with Gasteiger partial charge in [0.15, 0.2) is 10.6 Å². The van der Waals surface area contributed by atoms with Crippen molar-refractivity contribution in [1.82, 2.24) is 24.6 Å². The zero-order valence-corrected chi connectivity index (χ0v) is 18.5. The van der Waals surface area contributed by atoms with E-state index in [0.29, 0.717) is 28.2 Å². The van der Waals surface area contributed by atoms with E-state index in [4.69, 9.17) is 31.7 Å². The van der Waals surface area contributed by atoms with Crippen LogP contribution >= 0.6 is 20.7 Å². The van der Waals surface area contributed by atoms with Gasteiger partial charge in [-0.3, -0.25) is 4.57 Å². The third-order valence-corrected chi connectivity index (χ3v) is 6.35. The summed E-state index contributed by atoms with van der Waals surface area (Å²) in [4.78, 5) is 22.4. The third-order valence-electron chi connectivity index (χ3n) is 4.68. The highest BCUT2D eigenvalue weighted by Gasteiger charge is 2.30. The number of nitrogens with two attached hydrogens (primary N) is 1. The molecule has 10 nitrogen and oxygen atoms in total. The summed E-state index contributed by atoms with van der Waals surface area (Å²) in [7, 11) is -1.52. The second kappa shape index (κ2) is 9.80. The molecule has 0 bridgehead atoms. The number of carbonyl (C=O) groups is 1. The van der Waals surface area contributed by atoms with Crippen LogP contribution in [0.3, 0.4) is 0 Å². The van der Waals surface area contributed by atoms with Crippen molar-refractivity contribution in [3.05, 3.63) is 41.3 Å². The van der Waals surface area contributed by atoms with Gasteiger partial charge in [0.1, 0.15) is 29.4 Å². The van der Waals surface area contributed by atoms with Gasteiger partial charge in [0, 0.05) is 0 Å². The van der Waals surface area contributed by atoms with Crippen molar-refractivity contribution in [2.75, 3.05) is 12.3 Å². The van der Waals surface area contributed by atoms with E-state index in [0.717, 1.165) is 19.1 Å². The van der Waals surface area contributed by atoms with Crippen molar-refractivity contribution in [1.29, 1.82) is 0 Å². The number of hydrogen-bond donors (Lipinski definition) is 3. The van der Waals surface area contributed by atoms with E-state index in [2.05, 4.69) is 20.0 Å². The molecule has 3 aromatic rings. The van der Waals surface area contributed by atoms with Crippen LogP contribution in [0.1, 0.15) is 26.0 Å². The van der Waals surface area contributed by atoms with Crippen LogP contribution in [0, 0.1) is 4.64 Å². The molecule has 1 aliphatic rings. The Balaban J connectivity index is 1.39. The van der Waals surface area contributed by atoms with Crippen molar-refractivity contribution in [3.8, 4) is 5.75 Å². The quantitative estimate of drug-likeness (QED) is 0.249. The maximum atomic E-state index is 11.1. The van der Waals surface area contributed by atoms with E-state index >= 15 is 0 Å². The molecule has 164 valence electrons. The van der Waals surface area contributed by atoms with E-state index in [1.165, 1.54) is 0 Å². The van der Waals surface area contributed by atoms with Gasteiger partial charge in [-0.15, -0.1) is 0 Å². The van der Waals surface area contributed by atoms with Crippen LogP contribution in [0.4, 0.5) is 5.95 Å². The molecule has 4 unspecified atom stereocenters. The Bertz CT molecular complexity index is 1090. The summed E-state index contributed by atoms with van der Waals surface area (Å²) in [5.74, 6) is 0.895. The van der Waals surface area contributed by atoms with E-state index in [1.807, 2.05) is 34.9 Å². The monoisotopic (exact) mass is 462 g/mol. The lowest BCUT2D eigenvalue weighted by atomic mass is 10.2. The van der Waals surface area contributed by atoms with Crippen LogP contribution in [0.25, 0.3) is 11.2 Å². The number of nitrogens with zero attached hydrogens (tertiary/aromatic N) is 3. The minimum atomic E-state index is -1.52. The molecule has 3 heterocycles. The SMILES string of the molecule is CC(C=O)NP(OCC1CCC(n2cnc3c(=S)nc(N)[nH]c32)O1)Oc1ccccc1. The molecule has 1 fully saturated rings. The number of aldehydes is 1. The van der Waals surface area contributed by atoms with Crippen molar-refractivity contribution in [2.45, 2.75) is 38.1 Å². The van der Waals surface area contributed by atoms with Crippen LogP contribution in [0.5, 0.6) is 5.75 Å². The zero-order valence-electron chi connectivity index (χ0n) is 16.8. The molecule has 0 amide bonds. The molecule has 4 N–H and O–H groups in total. The summed E-state index contributed by atoms with van der Waals surface area (Å²) in [6.07, 6.45) is 3.69. The summed E-state index contributed by atoms with van der Waals surface area (Å²) in [5.41, 5.74) is 7.06. The van der Waals surface area contributed by atoms with Crippen LogP contribution < -0.4 is 15.3 Å². The van der Waals surface area contributed by atoms with Crippen LogP contribution in [-0.2, 0) is 14.1 Å². The topological polar surface area (TPSA) is 129 Å². The fraction of sp³-hybridized carbons (Fsp3) is 0.368. The van der Waals surface area contributed by atoms with Gasteiger partial charge in [-0.2, -0.15) is 0 Å². The molecule has 0 saturated carbocycles. The smallest absolute Gasteiger partial charge is 0.318 e. The maximum Gasteiger partial charge on any atom is 0.318 e. The lowest BCUT2D eigenvalue weighted by molar-refractivity contribution is -0.108. The largest absolute Gasteiger partial charge is 0.436 e. The Labute approximate surface area is 185 Å². The van der Waals surface area contributed by atoms with E-state index in [9.17, 15) is 4.79 Å². The number of benzene rings is 1. The number of H-pyrrole nitrogens is 1. The van der Waals surface area contributed by atoms with E-state index < -0.39 is 14.6 Å². The molecule has 1 saturated heterocycles. The predicted molar refractivity (Wildman–Crippen MR) is 119 cm³/mol. The Morgan fingerprint density at radius 2 is 2.26 bits per heavy atom. The second-order valence-electron chi connectivity index (χ2n) is 7.08. The lowest BCUT2D eigenvalue weighted by Gasteiger charge is -2.22. The first-order chi connectivity index (χ1) is 15.0. The molecular weight excluding hydrogens is 439 g/mol. The van der Waals surface area contributed by atoms with Gasteiger partial charge in [0.25, 0.3) is 0 Å². The number of rotatable bonds is 9. The number of ether oxygens (including phenoxy) is 1. The normalized spacial score (nSPS) is 20.5. The number of fused-ring (bicyclic) bond motifs is 1. The number of carbonyl (C=O) groups excluding carboxylic acids is 1. The van der Waals surface area contributed by atoms with Crippen molar-refractivity contribution in [3.63, 3.8) is 0 Å². The van der Waals surface area contributed by atoms with Gasteiger partial charge >= 0.3 is 8.53 Å². The van der Waals surface area contributed by atoms with Crippen LogP contribution in [-0.4, -0.2) is 44.6 Å². The van der Waals surface area contributed by atoms with Gasteiger partial charge in [0.2, 0.25) is 0 Å². The average Bonchev–Trinajstić information content (AvgIpc) is 3.39. The van der Waals surface area contributed by atoms with Crippen molar-refractivity contribution < 1.29 is 18.6 Å². The first-order valence-corrected chi connectivity index (χ1v) is 11.4. The maximum absolute atomic E-state index is 11.1. The molecule has 4 rings (SSSR count). The highest BCUT2D eigenvalue weighted by molar-refractivity contribution is 7.71. The number of nitrogen functional groups attached to an aromatic ring is 1. The first kappa shape index (κ1) is 21.8. The van der Waals surface area contributed by atoms with Crippen molar-refractivity contribution in [2.24, 2.45) is 0 Å². The van der Waals surface area contributed by atoms with Crippen molar-refractivity contribution >= 4 is 44.1 Å². The molecule has 0 aliphatic carbocycles. The number of anilines is 1. The number of imidazole rings is 1. The highest BCUT2D eigenvalue weighted by atomic mass is 32.1. The molecule has 2 aromatic heterocycles. The summed E-state index contributed by atoms with van der Waals surface area (Å²) in [6.45, 7) is 2.07. The minimum absolute atomic E-state index is 0.137. The zero-order chi connectivity index (χ0) is 21.8. The molecule has 12 heteroatoms. The fourth-order valence-corrected chi connectivity index (χ4v) is 4.64. The van der Waals surface area contributed by atoms with Gasteiger partial charge in [-0.25, -0.2) is 15.1 Å². The van der Waals surface area contributed by atoms with E-state index in [1.54, 1.807) is 13.3 Å². The number of nitrogens with one attached hydrogen (secondary N) is 2. The number of aromatic nitrogens is 4. The Morgan fingerprint density at radius 3 is 3.03 bits per heavy atom.